The summed E-state index contributed by atoms with van der Waals surface area (Å²) in [6.07, 6.45) is -0.376. The molecule has 1 aliphatic heterocycles. The summed E-state index contributed by atoms with van der Waals surface area (Å²) in [4.78, 5) is 13.4. The predicted molar refractivity (Wildman–Crippen MR) is 73.2 cm³/mol. The van der Waals surface area contributed by atoms with Crippen LogP contribution in [0, 0.1) is 11.6 Å². The van der Waals surface area contributed by atoms with E-state index in [2.05, 4.69) is 0 Å². The lowest BCUT2D eigenvalue weighted by atomic mass is 10.2. The molecule has 0 radical (unpaired) electrons. The van der Waals surface area contributed by atoms with Crippen LogP contribution in [0.3, 0.4) is 0 Å². The number of ether oxygens (including phenoxy) is 2. The van der Waals surface area contributed by atoms with Crippen LogP contribution in [-0.2, 0) is 4.74 Å². The van der Waals surface area contributed by atoms with E-state index in [1.165, 1.54) is 11.0 Å². The van der Waals surface area contributed by atoms with E-state index >= 15 is 0 Å². The van der Waals surface area contributed by atoms with Gasteiger partial charge in [-0.2, -0.15) is 0 Å². The van der Waals surface area contributed by atoms with E-state index in [0.29, 0.717) is 13.0 Å². The molecule has 6 heteroatoms. The van der Waals surface area contributed by atoms with Crippen LogP contribution < -0.4 is 4.74 Å². The number of nitrogens with zero attached hydrogens (tertiary/aromatic N) is 1. The summed E-state index contributed by atoms with van der Waals surface area (Å²) in [5.74, 6) is -1.88. The molecule has 2 rings (SSSR count). The van der Waals surface area contributed by atoms with Crippen LogP contribution in [0.25, 0.3) is 0 Å². The first-order valence-electron chi connectivity index (χ1n) is 6.85. The van der Waals surface area contributed by atoms with Gasteiger partial charge >= 0.3 is 6.09 Å². The maximum absolute atomic E-state index is 13.5. The van der Waals surface area contributed by atoms with Crippen LogP contribution in [0.2, 0.25) is 0 Å². The van der Waals surface area contributed by atoms with Gasteiger partial charge in [0.1, 0.15) is 11.7 Å². The molecule has 0 spiro atoms. The van der Waals surface area contributed by atoms with Crippen LogP contribution in [0.5, 0.6) is 5.75 Å². The number of likely N-dealkylation sites (tertiary alicyclic amines) is 1. The van der Waals surface area contributed by atoms with E-state index in [-0.39, 0.29) is 6.54 Å². The fraction of sp³-hybridized carbons (Fsp3) is 0.533. The van der Waals surface area contributed by atoms with Gasteiger partial charge in [-0.05, 0) is 32.9 Å². The number of para-hydroxylation sites is 1. The van der Waals surface area contributed by atoms with E-state index in [4.69, 9.17) is 9.47 Å². The second-order valence-electron chi connectivity index (χ2n) is 6.01. The third kappa shape index (κ3) is 4.06. The van der Waals surface area contributed by atoms with E-state index in [0.717, 1.165) is 12.1 Å². The van der Waals surface area contributed by atoms with Crippen molar-refractivity contribution >= 4 is 6.09 Å². The average molecular weight is 299 g/mol. The SMILES string of the molecule is CC(C)(C)OC(=O)N1CCC(Oc2c(F)cccc2F)C1. The summed E-state index contributed by atoms with van der Waals surface area (Å²) in [6.45, 7) is 6.04. The maximum Gasteiger partial charge on any atom is 0.410 e. The second-order valence-corrected chi connectivity index (χ2v) is 6.01. The molecule has 21 heavy (non-hydrogen) atoms. The monoisotopic (exact) mass is 299 g/mol. The first kappa shape index (κ1) is 15.5. The second kappa shape index (κ2) is 5.87. The van der Waals surface area contributed by atoms with Crippen molar-refractivity contribution in [3.05, 3.63) is 29.8 Å². The van der Waals surface area contributed by atoms with Gasteiger partial charge in [0.15, 0.2) is 17.4 Å². The lowest BCUT2D eigenvalue weighted by Gasteiger charge is -2.24. The summed E-state index contributed by atoms with van der Waals surface area (Å²) >= 11 is 0. The highest BCUT2D eigenvalue weighted by atomic mass is 19.1. The minimum absolute atomic E-state index is 0.253. The smallest absolute Gasteiger partial charge is 0.410 e. The lowest BCUT2D eigenvalue weighted by molar-refractivity contribution is 0.0274. The Morgan fingerprint density at radius 3 is 2.48 bits per heavy atom. The van der Waals surface area contributed by atoms with E-state index in [1.807, 2.05) is 0 Å². The van der Waals surface area contributed by atoms with Crippen molar-refractivity contribution in [2.45, 2.75) is 38.9 Å². The molecule has 4 nitrogen and oxygen atoms in total. The number of rotatable bonds is 2. The summed E-state index contributed by atoms with van der Waals surface area (Å²) in [6, 6.07) is 3.55. The Hall–Kier alpha value is -1.85. The predicted octanol–water partition coefficient (Wildman–Crippen LogP) is 3.35. The van der Waals surface area contributed by atoms with Crippen LogP contribution in [0.15, 0.2) is 18.2 Å². The number of amides is 1. The first-order valence-corrected chi connectivity index (χ1v) is 6.85. The zero-order valence-electron chi connectivity index (χ0n) is 12.4. The molecule has 1 saturated heterocycles. The Labute approximate surface area is 122 Å². The van der Waals surface area contributed by atoms with Crippen LogP contribution in [0.1, 0.15) is 27.2 Å². The van der Waals surface area contributed by atoms with Gasteiger partial charge in [-0.25, -0.2) is 13.6 Å². The number of benzene rings is 1. The van der Waals surface area contributed by atoms with Crippen LogP contribution >= 0.6 is 0 Å². The quantitative estimate of drug-likeness (QED) is 0.840. The molecule has 1 aliphatic rings. The van der Waals surface area contributed by atoms with Crippen molar-refractivity contribution in [3.63, 3.8) is 0 Å². The highest BCUT2D eigenvalue weighted by Gasteiger charge is 2.31. The Morgan fingerprint density at radius 2 is 1.90 bits per heavy atom. The lowest BCUT2D eigenvalue weighted by Crippen LogP contribution is -2.36. The Bertz CT molecular complexity index is 508. The molecule has 0 saturated carbocycles. The van der Waals surface area contributed by atoms with E-state index in [9.17, 15) is 13.6 Å². The molecule has 0 aliphatic carbocycles. The van der Waals surface area contributed by atoms with Crippen molar-refractivity contribution in [2.75, 3.05) is 13.1 Å². The summed E-state index contributed by atoms with van der Waals surface area (Å²) in [7, 11) is 0. The van der Waals surface area contributed by atoms with E-state index < -0.39 is 35.2 Å². The van der Waals surface area contributed by atoms with Crippen molar-refractivity contribution < 1.29 is 23.0 Å². The molecular formula is C15H19F2NO3. The summed E-state index contributed by atoms with van der Waals surface area (Å²) in [5, 5.41) is 0. The van der Waals surface area contributed by atoms with Crippen molar-refractivity contribution in [3.8, 4) is 5.75 Å². The number of hydrogen-bond donors (Lipinski definition) is 0. The van der Waals surface area contributed by atoms with Crippen molar-refractivity contribution in [1.29, 1.82) is 0 Å². The van der Waals surface area contributed by atoms with Crippen molar-refractivity contribution in [1.82, 2.24) is 4.90 Å². The molecule has 1 fully saturated rings. The fourth-order valence-corrected chi connectivity index (χ4v) is 2.08. The standard InChI is InChI=1S/C15H19F2NO3/c1-15(2,3)21-14(19)18-8-7-10(9-18)20-13-11(16)5-4-6-12(13)17/h4-6,10H,7-9H2,1-3H3. The highest BCUT2D eigenvalue weighted by Crippen LogP contribution is 2.25. The summed E-state index contributed by atoms with van der Waals surface area (Å²) < 4.78 is 37.6. The summed E-state index contributed by atoms with van der Waals surface area (Å²) in [5.41, 5.74) is -0.576. The van der Waals surface area contributed by atoms with Gasteiger partial charge in [-0.15, -0.1) is 0 Å². The van der Waals surface area contributed by atoms with Crippen molar-refractivity contribution in [2.24, 2.45) is 0 Å². The van der Waals surface area contributed by atoms with Gasteiger partial charge in [0.05, 0.1) is 6.54 Å². The molecule has 1 atom stereocenters. The molecule has 0 bridgehead atoms. The molecule has 1 aromatic carbocycles. The van der Waals surface area contributed by atoms with Gasteiger partial charge in [0.25, 0.3) is 0 Å². The number of carbonyl (C=O) groups is 1. The highest BCUT2D eigenvalue weighted by molar-refractivity contribution is 5.68. The zero-order chi connectivity index (χ0) is 15.6. The largest absolute Gasteiger partial charge is 0.482 e. The van der Waals surface area contributed by atoms with E-state index in [1.54, 1.807) is 20.8 Å². The number of carbonyl (C=O) groups excluding carboxylic acids is 1. The fourth-order valence-electron chi connectivity index (χ4n) is 2.08. The minimum Gasteiger partial charge on any atom is -0.482 e. The van der Waals surface area contributed by atoms with Crippen LogP contribution in [0.4, 0.5) is 13.6 Å². The van der Waals surface area contributed by atoms with Crippen LogP contribution in [-0.4, -0.2) is 35.8 Å². The Morgan fingerprint density at radius 1 is 1.29 bits per heavy atom. The third-order valence-corrected chi connectivity index (χ3v) is 3.00. The molecule has 1 aromatic rings. The molecular weight excluding hydrogens is 280 g/mol. The normalized spacial score (nSPS) is 18.7. The van der Waals surface area contributed by atoms with Gasteiger partial charge in [-0.3, -0.25) is 0 Å². The third-order valence-electron chi connectivity index (χ3n) is 3.00. The Kier molecular flexibility index (Phi) is 4.34. The molecule has 1 unspecified atom stereocenters. The molecule has 116 valence electrons. The van der Waals surface area contributed by atoms with Gasteiger partial charge in [0.2, 0.25) is 0 Å². The van der Waals surface area contributed by atoms with Gasteiger partial charge < -0.3 is 14.4 Å². The molecule has 0 aromatic heterocycles. The Balaban J connectivity index is 1.95. The first-order chi connectivity index (χ1) is 9.76. The van der Waals surface area contributed by atoms with Gasteiger partial charge in [0, 0.05) is 13.0 Å². The molecule has 0 N–H and O–H groups in total. The zero-order valence-corrected chi connectivity index (χ0v) is 12.4. The average Bonchev–Trinajstić information content (AvgIpc) is 2.80. The number of halogens is 2. The molecule has 1 heterocycles. The number of hydrogen-bond acceptors (Lipinski definition) is 3. The van der Waals surface area contributed by atoms with Gasteiger partial charge in [-0.1, -0.05) is 6.07 Å². The maximum atomic E-state index is 13.5. The molecule has 1 amide bonds. The topological polar surface area (TPSA) is 38.8 Å². The minimum atomic E-state index is -0.745.